The van der Waals surface area contributed by atoms with Crippen LogP contribution in [0, 0.1) is 5.92 Å². The van der Waals surface area contributed by atoms with E-state index in [4.69, 9.17) is 5.11 Å². The topological polar surface area (TPSA) is 91.8 Å². The fraction of sp³-hybridized carbons (Fsp3) is 0.846. The lowest BCUT2D eigenvalue weighted by molar-refractivity contribution is 0.241. The molecule has 0 aromatic rings. The summed E-state index contributed by atoms with van der Waals surface area (Å²) >= 11 is 0. The van der Waals surface area contributed by atoms with Gasteiger partial charge in [-0.05, 0) is 85.3 Å². The molecule has 1 fully saturated rings. The number of unbranched alkanes of at least 4 members (excludes halogenated alkanes) is 3. The minimum Gasteiger partial charge on any atom is -0.396 e. The molecule has 0 spiro atoms. The summed E-state index contributed by atoms with van der Waals surface area (Å²) in [5.41, 5.74) is 0.846. The third kappa shape index (κ3) is 6.95. The largest absolute Gasteiger partial charge is 0.396 e. The molecular formula is C26H47NO5S2. The van der Waals surface area contributed by atoms with Crippen LogP contribution in [0.4, 0.5) is 0 Å². The maximum atomic E-state index is 13.3. The molecule has 2 rings (SSSR count). The van der Waals surface area contributed by atoms with Crippen molar-refractivity contribution < 1.29 is 21.9 Å². The lowest BCUT2D eigenvalue weighted by Gasteiger charge is -2.32. The highest BCUT2D eigenvalue weighted by molar-refractivity contribution is 7.96. The summed E-state index contributed by atoms with van der Waals surface area (Å²) in [6.07, 6.45) is 10.5. The highest BCUT2D eigenvalue weighted by Gasteiger charge is 2.44. The molecule has 0 aromatic heterocycles. The molecule has 8 heteroatoms. The van der Waals surface area contributed by atoms with Crippen LogP contribution in [0.3, 0.4) is 0 Å². The first-order valence-corrected chi connectivity index (χ1v) is 15.9. The van der Waals surface area contributed by atoms with Crippen LogP contribution < -0.4 is 0 Å². The van der Waals surface area contributed by atoms with Gasteiger partial charge in [-0.3, -0.25) is 4.90 Å². The summed E-state index contributed by atoms with van der Waals surface area (Å²) < 4.78 is 51.3. The van der Waals surface area contributed by atoms with Gasteiger partial charge in [0.2, 0.25) is 0 Å². The van der Waals surface area contributed by atoms with Crippen molar-refractivity contribution in [1.82, 2.24) is 4.90 Å². The highest BCUT2D eigenvalue weighted by Crippen LogP contribution is 2.38. The van der Waals surface area contributed by atoms with Crippen LogP contribution in [-0.4, -0.2) is 67.8 Å². The second kappa shape index (κ2) is 11.6. The minimum absolute atomic E-state index is 0.0651. The summed E-state index contributed by atoms with van der Waals surface area (Å²) in [6.45, 7) is 12.8. The first kappa shape index (κ1) is 29.5. The molecule has 6 nitrogen and oxygen atoms in total. The Balaban J connectivity index is 2.26. The Bertz CT molecular complexity index is 950. The molecule has 34 heavy (non-hydrogen) atoms. The standard InChI is InChI=1S/C26H47NO5S2/c1-25(2,3)33(29,30)23-15-11-13-21(23)19-27(17-9-7-8-10-18-28)20-22-14-12-16-24(22)34(31,32)26(4,5)6/h11,13,22,24,28H,7-10,12,14-20H2,1-6H3/t22-,24?/m0/s1. The zero-order valence-electron chi connectivity index (χ0n) is 22.1. The average molecular weight is 518 g/mol. The minimum atomic E-state index is -3.42. The van der Waals surface area contributed by atoms with Gasteiger partial charge in [0, 0.05) is 26.1 Å². The molecule has 2 aliphatic rings. The van der Waals surface area contributed by atoms with Crippen molar-refractivity contribution in [2.24, 2.45) is 5.92 Å². The van der Waals surface area contributed by atoms with Gasteiger partial charge in [0.1, 0.15) is 0 Å². The Morgan fingerprint density at radius 2 is 1.59 bits per heavy atom. The van der Waals surface area contributed by atoms with Crippen LogP contribution in [0.25, 0.3) is 0 Å². The molecule has 1 unspecified atom stereocenters. The summed E-state index contributed by atoms with van der Waals surface area (Å²) in [5, 5.41) is 8.72. The SMILES string of the molecule is CC(C)(C)S(=O)(=O)C1=C(CN(CCCCCCO)C[C@@H]2CCCC2S(=O)(=O)C(C)(C)C)C=CC1. The van der Waals surface area contributed by atoms with E-state index in [9.17, 15) is 16.8 Å². The van der Waals surface area contributed by atoms with Crippen LogP contribution in [0.2, 0.25) is 0 Å². The van der Waals surface area contributed by atoms with E-state index in [0.717, 1.165) is 50.6 Å². The lowest BCUT2D eigenvalue weighted by Crippen LogP contribution is -2.43. The van der Waals surface area contributed by atoms with Crippen molar-refractivity contribution in [3.8, 4) is 0 Å². The predicted molar refractivity (Wildman–Crippen MR) is 141 cm³/mol. The maximum absolute atomic E-state index is 13.3. The molecule has 0 radical (unpaired) electrons. The van der Waals surface area contributed by atoms with Gasteiger partial charge in [0.05, 0.1) is 19.6 Å². The summed E-state index contributed by atoms with van der Waals surface area (Å²) in [4.78, 5) is 2.79. The van der Waals surface area contributed by atoms with Crippen molar-refractivity contribution in [2.45, 2.75) is 108 Å². The van der Waals surface area contributed by atoms with Gasteiger partial charge in [0.25, 0.3) is 0 Å². The maximum Gasteiger partial charge on any atom is 0.180 e. The number of sulfone groups is 2. The van der Waals surface area contributed by atoms with Crippen LogP contribution in [0.1, 0.15) is 92.9 Å². The Kier molecular flexibility index (Phi) is 10.0. The van der Waals surface area contributed by atoms with E-state index in [1.165, 1.54) is 0 Å². The highest BCUT2D eigenvalue weighted by atomic mass is 32.2. The van der Waals surface area contributed by atoms with E-state index in [1.54, 1.807) is 41.5 Å². The van der Waals surface area contributed by atoms with Crippen molar-refractivity contribution in [1.29, 1.82) is 0 Å². The molecular weight excluding hydrogens is 470 g/mol. The molecule has 198 valence electrons. The first-order valence-electron chi connectivity index (χ1n) is 12.8. The van der Waals surface area contributed by atoms with Crippen molar-refractivity contribution >= 4 is 19.7 Å². The Morgan fingerprint density at radius 1 is 0.941 bits per heavy atom. The average Bonchev–Trinajstić information content (AvgIpc) is 3.36. The molecule has 0 aliphatic heterocycles. The van der Waals surface area contributed by atoms with Gasteiger partial charge in [-0.15, -0.1) is 0 Å². The molecule has 0 heterocycles. The molecule has 1 saturated carbocycles. The summed E-state index contributed by atoms with van der Waals surface area (Å²) in [7, 11) is -6.68. The molecule has 0 aromatic carbocycles. The third-order valence-corrected chi connectivity index (χ3v) is 13.0. The van der Waals surface area contributed by atoms with Gasteiger partial charge in [-0.1, -0.05) is 31.4 Å². The molecule has 2 aliphatic carbocycles. The number of nitrogens with zero attached hydrogens (tertiary/aromatic N) is 1. The van der Waals surface area contributed by atoms with E-state index < -0.39 is 29.2 Å². The van der Waals surface area contributed by atoms with Crippen LogP contribution >= 0.6 is 0 Å². The van der Waals surface area contributed by atoms with Crippen molar-refractivity contribution in [3.63, 3.8) is 0 Å². The number of aliphatic hydroxyl groups is 1. The van der Waals surface area contributed by atoms with Gasteiger partial charge in [0.15, 0.2) is 19.7 Å². The Morgan fingerprint density at radius 3 is 2.18 bits per heavy atom. The van der Waals surface area contributed by atoms with Gasteiger partial charge < -0.3 is 5.11 Å². The summed E-state index contributed by atoms with van der Waals surface area (Å²) in [6, 6.07) is 0. The van der Waals surface area contributed by atoms with Crippen LogP contribution in [-0.2, 0) is 19.7 Å². The zero-order chi connectivity index (χ0) is 25.8. The third-order valence-electron chi connectivity index (χ3n) is 7.22. The number of aliphatic hydroxyl groups excluding tert-OH is 1. The Hall–Kier alpha value is -0.700. The molecule has 2 atom stereocenters. The van der Waals surface area contributed by atoms with E-state index >= 15 is 0 Å². The molecule has 0 bridgehead atoms. The lowest BCUT2D eigenvalue weighted by atomic mass is 10.1. The van der Waals surface area contributed by atoms with Crippen LogP contribution in [0.15, 0.2) is 22.6 Å². The number of hydrogen-bond acceptors (Lipinski definition) is 6. The normalized spacial score (nSPS) is 22.4. The smallest absolute Gasteiger partial charge is 0.180 e. The monoisotopic (exact) mass is 517 g/mol. The van der Waals surface area contributed by atoms with Gasteiger partial charge in [-0.25, -0.2) is 16.8 Å². The van der Waals surface area contributed by atoms with Crippen molar-refractivity contribution in [3.05, 3.63) is 22.6 Å². The zero-order valence-corrected chi connectivity index (χ0v) is 23.8. The number of hydrogen-bond donors (Lipinski definition) is 1. The van der Waals surface area contributed by atoms with E-state index in [0.29, 0.717) is 30.8 Å². The van der Waals surface area contributed by atoms with Gasteiger partial charge >= 0.3 is 0 Å². The molecule has 1 N–H and O–H groups in total. The second-order valence-corrected chi connectivity index (χ2v) is 17.6. The number of allylic oxidation sites excluding steroid dienone is 2. The second-order valence-electron chi connectivity index (χ2n) is 11.9. The van der Waals surface area contributed by atoms with Crippen molar-refractivity contribution in [2.75, 3.05) is 26.2 Å². The van der Waals surface area contributed by atoms with Crippen LogP contribution in [0.5, 0.6) is 0 Å². The number of rotatable bonds is 12. The van der Waals surface area contributed by atoms with Gasteiger partial charge in [-0.2, -0.15) is 0 Å². The summed E-state index contributed by atoms with van der Waals surface area (Å²) in [5.74, 6) is 0.0651. The fourth-order valence-corrected chi connectivity index (χ4v) is 8.65. The quantitative estimate of drug-likeness (QED) is 0.379. The van der Waals surface area contributed by atoms with E-state index in [-0.39, 0.29) is 17.8 Å². The Labute approximate surface area is 208 Å². The fourth-order valence-electron chi connectivity index (χ4n) is 5.01. The predicted octanol–water partition coefficient (Wildman–Crippen LogP) is 4.65. The molecule has 0 amide bonds. The van der Waals surface area contributed by atoms with E-state index in [1.807, 2.05) is 12.2 Å². The van der Waals surface area contributed by atoms with E-state index in [2.05, 4.69) is 4.90 Å². The first-order chi connectivity index (χ1) is 15.6. The molecule has 0 saturated heterocycles.